The largest absolute Gasteiger partial charge is 0.416 e. The topological polar surface area (TPSA) is 45.7 Å². The van der Waals surface area contributed by atoms with Gasteiger partial charge in [-0.3, -0.25) is 0 Å². The van der Waals surface area contributed by atoms with Gasteiger partial charge in [-0.1, -0.05) is 12.1 Å². The molecule has 4 nitrogen and oxygen atoms in total. The maximum absolute atomic E-state index is 12.6. The first-order valence-corrected chi connectivity index (χ1v) is 9.14. The van der Waals surface area contributed by atoms with Gasteiger partial charge in [0.15, 0.2) is 5.96 Å². The molecular formula is C19H28F3N3O. The minimum atomic E-state index is -4.31. The van der Waals surface area contributed by atoms with Crippen LogP contribution in [0.1, 0.15) is 44.2 Å². The predicted octanol–water partition coefficient (Wildman–Crippen LogP) is 3.97. The first-order chi connectivity index (χ1) is 12.4. The van der Waals surface area contributed by atoms with Crippen molar-refractivity contribution in [1.82, 2.24) is 10.6 Å². The van der Waals surface area contributed by atoms with Gasteiger partial charge < -0.3 is 15.4 Å². The standard InChI is InChI=1S/C19H28F3N3O/c1-3-23-17(25-14-18(9-10-18)11-12-26-4-2)24-13-15-5-7-16(8-6-15)19(20,21)22/h5-8H,3-4,9-14H2,1-2H3,(H2,23,24,25). The van der Waals surface area contributed by atoms with Crippen LogP contribution in [-0.4, -0.2) is 32.3 Å². The highest BCUT2D eigenvalue weighted by molar-refractivity contribution is 5.79. The predicted molar refractivity (Wildman–Crippen MR) is 97.0 cm³/mol. The summed E-state index contributed by atoms with van der Waals surface area (Å²) in [5.41, 5.74) is 0.396. The molecular weight excluding hydrogens is 343 g/mol. The van der Waals surface area contributed by atoms with Crippen molar-refractivity contribution in [2.24, 2.45) is 10.4 Å². The highest BCUT2D eigenvalue weighted by Gasteiger charge is 2.41. The molecule has 146 valence electrons. The zero-order chi connectivity index (χ0) is 19.0. The maximum atomic E-state index is 12.6. The molecule has 2 rings (SSSR count). The normalized spacial score (nSPS) is 16.4. The highest BCUT2D eigenvalue weighted by Crippen LogP contribution is 2.48. The average Bonchev–Trinajstić information content (AvgIpc) is 3.37. The molecule has 0 heterocycles. The van der Waals surface area contributed by atoms with Crippen molar-refractivity contribution >= 4 is 5.96 Å². The van der Waals surface area contributed by atoms with Crippen molar-refractivity contribution < 1.29 is 17.9 Å². The summed E-state index contributed by atoms with van der Waals surface area (Å²) in [6.07, 6.45) is -0.902. The summed E-state index contributed by atoms with van der Waals surface area (Å²) in [7, 11) is 0. The molecule has 0 atom stereocenters. The van der Waals surface area contributed by atoms with Gasteiger partial charge in [-0.15, -0.1) is 0 Å². The summed E-state index contributed by atoms with van der Waals surface area (Å²) < 4.78 is 43.3. The molecule has 26 heavy (non-hydrogen) atoms. The Morgan fingerprint density at radius 3 is 2.38 bits per heavy atom. The molecule has 1 aliphatic rings. The average molecular weight is 371 g/mol. The number of guanidine groups is 1. The van der Waals surface area contributed by atoms with Gasteiger partial charge in [0.25, 0.3) is 0 Å². The van der Waals surface area contributed by atoms with Crippen molar-refractivity contribution in [3.63, 3.8) is 0 Å². The summed E-state index contributed by atoms with van der Waals surface area (Å²) in [5, 5.41) is 6.54. The van der Waals surface area contributed by atoms with Crippen LogP contribution < -0.4 is 10.6 Å². The molecule has 0 bridgehead atoms. The van der Waals surface area contributed by atoms with E-state index in [1.165, 1.54) is 25.0 Å². The smallest absolute Gasteiger partial charge is 0.382 e. The SMILES string of the molecule is CCNC(=NCc1ccc(C(F)(F)F)cc1)NCC1(CCOCC)CC1. The van der Waals surface area contributed by atoms with E-state index in [2.05, 4.69) is 15.6 Å². The zero-order valence-corrected chi connectivity index (χ0v) is 15.5. The Hall–Kier alpha value is -1.76. The van der Waals surface area contributed by atoms with Crippen molar-refractivity contribution in [2.45, 2.75) is 45.8 Å². The molecule has 0 aliphatic heterocycles. The fraction of sp³-hybridized carbons (Fsp3) is 0.632. The van der Waals surface area contributed by atoms with E-state index in [0.717, 1.165) is 50.4 Å². The summed E-state index contributed by atoms with van der Waals surface area (Å²) in [6.45, 7) is 7.38. The van der Waals surface area contributed by atoms with E-state index in [1.807, 2.05) is 13.8 Å². The number of aliphatic imine (C=N–C) groups is 1. The second-order valence-corrected chi connectivity index (χ2v) is 6.69. The number of nitrogens with zero attached hydrogens (tertiary/aromatic N) is 1. The number of halogens is 3. The van der Waals surface area contributed by atoms with Gasteiger partial charge in [0.2, 0.25) is 0 Å². The monoisotopic (exact) mass is 371 g/mol. The zero-order valence-electron chi connectivity index (χ0n) is 15.5. The van der Waals surface area contributed by atoms with Gasteiger partial charge in [0, 0.05) is 26.3 Å². The fourth-order valence-electron chi connectivity index (χ4n) is 2.71. The van der Waals surface area contributed by atoms with Crippen LogP contribution in [0.15, 0.2) is 29.3 Å². The molecule has 1 saturated carbocycles. The Labute approximate surface area is 153 Å². The third-order valence-electron chi connectivity index (χ3n) is 4.61. The summed E-state index contributed by atoms with van der Waals surface area (Å²) in [4.78, 5) is 4.48. The molecule has 1 fully saturated rings. The fourth-order valence-corrected chi connectivity index (χ4v) is 2.71. The van der Waals surface area contributed by atoms with E-state index < -0.39 is 11.7 Å². The van der Waals surface area contributed by atoms with E-state index in [9.17, 15) is 13.2 Å². The van der Waals surface area contributed by atoms with Crippen LogP contribution in [0.2, 0.25) is 0 Å². The molecule has 0 amide bonds. The van der Waals surface area contributed by atoms with Crippen molar-refractivity contribution in [1.29, 1.82) is 0 Å². The maximum Gasteiger partial charge on any atom is 0.416 e. The first kappa shape index (κ1) is 20.6. The van der Waals surface area contributed by atoms with Crippen LogP contribution in [0.25, 0.3) is 0 Å². The van der Waals surface area contributed by atoms with E-state index >= 15 is 0 Å². The number of alkyl halides is 3. The second-order valence-electron chi connectivity index (χ2n) is 6.69. The number of nitrogens with one attached hydrogen (secondary N) is 2. The quantitative estimate of drug-likeness (QED) is 0.392. The molecule has 1 aliphatic carbocycles. The minimum Gasteiger partial charge on any atom is -0.382 e. The Bertz CT molecular complexity index is 581. The van der Waals surface area contributed by atoms with E-state index in [4.69, 9.17) is 4.74 Å². The van der Waals surface area contributed by atoms with Gasteiger partial charge >= 0.3 is 6.18 Å². The lowest BCUT2D eigenvalue weighted by atomic mass is 10.0. The molecule has 0 spiro atoms. The number of benzene rings is 1. The summed E-state index contributed by atoms with van der Waals surface area (Å²) >= 11 is 0. The van der Waals surface area contributed by atoms with Gasteiger partial charge in [0.05, 0.1) is 12.1 Å². The van der Waals surface area contributed by atoms with Gasteiger partial charge in [0.1, 0.15) is 0 Å². The molecule has 0 saturated heterocycles. The lowest BCUT2D eigenvalue weighted by Gasteiger charge is -2.18. The molecule has 1 aromatic carbocycles. The van der Waals surface area contributed by atoms with Crippen LogP contribution in [-0.2, 0) is 17.5 Å². The first-order valence-electron chi connectivity index (χ1n) is 9.14. The number of rotatable bonds is 9. The van der Waals surface area contributed by atoms with Crippen LogP contribution >= 0.6 is 0 Å². The third-order valence-corrected chi connectivity index (χ3v) is 4.61. The lowest BCUT2D eigenvalue weighted by molar-refractivity contribution is -0.137. The number of hydrogen-bond donors (Lipinski definition) is 2. The van der Waals surface area contributed by atoms with Gasteiger partial charge in [-0.25, -0.2) is 4.99 Å². The van der Waals surface area contributed by atoms with Gasteiger partial charge in [-0.2, -0.15) is 13.2 Å². The lowest BCUT2D eigenvalue weighted by Crippen LogP contribution is -2.40. The molecule has 1 aromatic rings. The van der Waals surface area contributed by atoms with Crippen LogP contribution in [0.3, 0.4) is 0 Å². The Kier molecular flexibility index (Phi) is 7.32. The van der Waals surface area contributed by atoms with Crippen LogP contribution in [0.5, 0.6) is 0 Å². The summed E-state index contributed by atoms with van der Waals surface area (Å²) in [5.74, 6) is 0.690. The Balaban J connectivity index is 1.88. The second kappa shape index (κ2) is 9.26. The van der Waals surface area contributed by atoms with Crippen LogP contribution in [0.4, 0.5) is 13.2 Å². The molecule has 2 N–H and O–H groups in total. The minimum absolute atomic E-state index is 0.291. The van der Waals surface area contributed by atoms with Gasteiger partial charge in [-0.05, 0) is 56.2 Å². The van der Waals surface area contributed by atoms with Crippen molar-refractivity contribution in [3.05, 3.63) is 35.4 Å². The van der Waals surface area contributed by atoms with E-state index in [0.29, 0.717) is 17.9 Å². The molecule has 0 unspecified atom stereocenters. The van der Waals surface area contributed by atoms with E-state index in [1.54, 1.807) is 0 Å². The third kappa shape index (κ3) is 6.52. The van der Waals surface area contributed by atoms with Crippen molar-refractivity contribution in [3.8, 4) is 0 Å². The number of ether oxygens (including phenoxy) is 1. The Morgan fingerprint density at radius 1 is 1.15 bits per heavy atom. The molecule has 0 aromatic heterocycles. The van der Waals surface area contributed by atoms with Crippen LogP contribution in [0, 0.1) is 5.41 Å². The van der Waals surface area contributed by atoms with E-state index in [-0.39, 0.29) is 0 Å². The Morgan fingerprint density at radius 2 is 1.85 bits per heavy atom. The molecule has 0 radical (unpaired) electrons. The highest BCUT2D eigenvalue weighted by atomic mass is 19.4. The van der Waals surface area contributed by atoms with Crippen molar-refractivity contribution in [2.75, 3.05) is 26.3 Å². The number of hydrogen-bond acceptors (Lipinski definition) is 2. The molecule has 7 heteroatoms. The summed E-state index contributed by atoms with van der Waals surface area (Å²) in [6, 6.07) is 5.14.